The van der Waals surface area contributed by atoms with Gasteiger partial charge in [0.2, 0.25) is 0 Å². The summed E-state index contributed by atoms with van der Waals surface area (Å²) in [5.41, 5.74) is 1.36. The monoisotopic (exact) mass is 413 g/mol. The number of thiophene rings is 1. The second kappa shape index (κ2) is 10.2. The maximum atomic E-state index is 8.56. The first-order chi connectivity index (χ1) is 14.0. The molecule has 0 spiro atoms. The number of carbonyl (C=O) groups is 1. The zero-order valence-electron chi connectivity index (χ0n) is 16.6. The maximum Gasteiger partial charge on any atom is 0.503 e. The van der Waals surface area contributed by atoms with Crippen LogP contribution in [-0.2, 0) is 6.42 Å². The Hall–Kier alpha value is -2.67. The van der Waals surface area contributed by atoms with E-state index in [-0.39, 0.29) is 0 Å². The summed E-state index contributed by atoms with van der Waals surface area (Å²) in [5, 5.41) is 18.7. The van der Waals surface area contributed by atoms with Crippen molar-refractivity contribution in [2.75, 3.05) is 11.9 Å². The normalized spacial score (nSPS) is 14.2. The lowest BCUT2D eigenvalue weighted by Crippen LogP contribution is -2.12. The molecule has 0 unspecified atom stereocenters. The number of carboxylic acid groups (broad SMARTS) is 2. The highest BCUT2D eigenvalue weighted by molar-refractivity contribution is 7.18. The molecule has 1 fully saturated rings. The Bertz CT molecular complexity index is 933. The number of anilines is 1. The first-order valence-electron chi connectivity index (χ1n) is 10.0. The largest absolute Gasteiger partial charge is 0.503 e. The second-order valence-electron chi connectivity index (χ2n) is 7.29. The first kappa shape index (κ1) is 21.0. The van der Waals surface area contributed by atoms with Crippen LogP contribution < -0.4 is 5.32 Å². The molecule has 1 saturated carbocycles. The van der Waals surface area contributed by atoms with Crippen LogP contribution >= 0.6 is 11.3 Å². The number of rotatable bonds is 5. The summed E-state index contributed by atoms with van der Waals surface area (Å²) >= 11 is 1.78. The highest BCUT2D eigenvalue weighted by Crippen LogP contribution is 2.35. The highest BCUT2D eigenvalue weighted by Gasteiger charge is 2.20. The zero-order chi connectivity index (χ0) is 20.6. The molecule has 1 aromatic carbocycles. The smallest absolute Gasteiger partial charge is 0.450 e. The summed E-state index contributed by atoms with van der Waals surface area (Å²) in [6.45, 7) is 3.05. The molecule has 1 aliphatic carbocycles. The van der Waals surface area contributed by atoms with E-state index >= 15 is 0 Å². The third kappa shape index (κ3) is 6.15. The molecule has 2 aromatic heterocycles. The van der Waals surface area contributed by atoms with E-state index in [1.165, 1.54) is 47.9 Å². The van der Waals surface area contributed by atoms with Gasteiger partial charge < -0.3 is 15.5 Å². The molecular weight excluding hydrogens is 386 g/mol. The van der Waals surface area contributed by atoms with Gasteiger partial charge in [0.1, 0.15) is 16.5 Å². The lowest BCUT2D eigenvalue weighted by molar-refractivity contribution is 0.137. The van der Waals surface area contributed by atoms with Crippen LogP contribution in [0.1, 0.15) is 54.3 Å². The van der Waals surface area contributed by atoms with Crippen LogP contribution in [0.5, 0.6) is 0 Å². The number of nitrogens with zero attached hydrogens (tertiary/aromatic N) is 2. The minimum atomic E-state index is -1.83. The van der Waals surface area contributed by atoms with Crippen LogP contribution in [0.3, 0.4) is 0 Å². The summed E-state index contributed by atoms with van der Waals surface area (Å²) < 4.78 is 0. The van der Waals surface area contributed by atoms with Crippen molar-refractivity contribution in [3.8, 4) is 0 Å². The maximum absolute atomic E-state index is 8.56. The minimum absolute atomic E-state index is 0.537. The molecule has 4 rings (SSSR count). The van der Waals surface area contributed by atoms with Crippen LogP contribution in [0, 0.1) is 6.92 Å². The Kier molecular flexibility index (Phi) is 7.41. The van der Waals surface area contributed by atoms with E-state index in [2.05, 4.69) is 48.6 Å². The highest BCUT2D eigenvalue weighted by atomic mass is 32.1. The van der Waals surface area contributed by atoms with Crippen molar-refractivity contribution in [3.63, 3.8) is 0 Å². The Balaban J connectivity index is 0.000000552. The van der Waals surface area contributed by atoms with Crippen LogP contribution in [0.2, 0.25) is 0 Å². The summed E-state index contributed by atoms with van der Waals surface area (Å²) in [5.74, 6) is 2.61. The number of hydrogen-bond donors (Lipinski definition) is 3. The fourth-order valence-corrected chi connectivity index (χ4v) is 4.59. The van der Waals surface area contributed by atoms with Gasteiger partial charge >= 0.3 is 6.16 Å². The number of aryl methyl sites for hydroxylation is 1. The third-order valence-corrected chi connectivity index (χ3v) is 6.00. The number of benzene rings is 1. The lowest BCUT2D eigenvalue weighted by Gasteiger charge is -2.21. The molecular formula is C22H27N3O3S. The van der Waals surface area contributed by atoms with E-state index in [1.807, 2.05) is 0 Å². The topological polar surface area (TPSA) is 95.3 Å². The van der Waals surface area contributed by atoms with Crippen molar-refractivity contribution in [2.45, 2.75) is 51.4 Å². The van der Waals surface area contributed by atoms with Gasteiger partial charge in [-0.25, -0.2) is 14.8 Å². The number of nitrogens with one attached hydrogen (secondary N) is 1. The lowest BCUT2D eigenvalue weighted by atomic mass is 9.89. The van der Waals surface area contributed by atoms with E-state index < -0.39 is 6.16 Å². The molecule has 0 saturated heterocycles. The van der Waals surface area contributed by atoms with Crippen molar-refractivity contribution >= 4 is 33.5 Å². The van der Waals surface area contributed by atoms with E-state index in [0.29, 0.717) is 5.92 Å². The van der Waals surface area contributed by atoms with Crippen molar-refractivity contribution in [2.24, 2.45) is 0 Å². The van der Waals surface area contributed by atoms with Crippen molar-refractivity contribution in [1.82, 2.24) is 9.97 Å². The summed E-state index contributed by atoms with van der Waals surface area (Å²) in [6.07, 6.45) is 5.63. The van der Waals surface area contributed by atoms with E-state index in [1.54, 1.807) is 11.3 Å². The van der Waals surface area contributed by atoms with Crippen LogP contribution in [0.15, 0.2) is 36.4 Å². The van der Waals surface area contributed by atoms with E-state index in [9.17, 15) is 0 Å². The zero-order valence-corrected chi connectivity index (χ0v) is 17.4. The standard InChI is InChI=1S/C21H25N3S.CH2O3/c1-15-14-18-20(22-13-12-16-8-4-2-5-9-16)23-19(24-21(18)25-15)17-10-6-3-7-11-17;2-1(3)4/h2,4-5,8-9,14,17H,3,6-7,10-13H2,1H3,(H,22,23,24);(H2,2,3,4). The molecule has 3 N–H and O–H groups in total. The summed E-state index contributed by atoms with van der Waals surface area (Å²) in [6, 6.07) is 12.8. The molecule has 0 radical (unpaired) electrons. The first-order valence-corrected chi connectivity index (χ1v) is 10.8. The van der Waals surface area contributed by atoms with Crippen molar-refractivity contribution in [1.29, 1.82) is 0 Å². The summed E-state index contributed by atoms with van der Waals surface area (Å²) in [4.78, 5) is 20.9. The molecule has 6 nitrogen and oxygen atoms in total. The van der Waals surface area contributed by atoms with Gasteiger partial charge in [-0.05, 0) is 37.8 Å². The van der Waals surface area contributed by atoms with Crippen LogP contribution in [-0.4, -0.2) is 32.9 Å². The Morgan fingerprint density at radius 3 is 2.52 bits per heavy atom. The predicted octanol–water partition coefficient (Wildman–Crippen LogP) is 5.92. The van der Waals surface area contributed by atoms with Gasteiger partial charge in [0.15, 0.2) is 0 Å². The Labute approximate surface area is 174 Å². The van der Waals surface area contributed by atoms with Crippen molar-refractivity contribution in [3.05, 3.63) is 52.7 Å². The number of fused-ring (bicyclic) bond motifs is 1. The summed E-state index contributed by atoms with van der Waals surface area (Å²) in [7, 11) is 0. The third-order valence-electron chi connectivity index (χ3n) is 5.05. The van der Waals surface area contributed by atoms with Gasteiger partial charge in [-0.1, -0.05) is 49.6 Å². The molecule has 154 valence electrons. The average molecular weight is 414 g/mol. The molecule has 1 aliphatic rings. The quantitative estimate of drug-likeness (QED) is 0.480. The molecule has 0 amide bonds. The van der Waals surface area contributed by atoms with Gasteiger partial charge in [-0.2, -0.15) is 0 Å². The van der Waals surface area contributed by atoms with Gasteiger partial charge in [-0.15, -0.1) is 11.3 Å². The molecule has 3 aromatic rings. The Morgan fingerprint density at radius 2 is 1.83 bits per heavy atom. The minimum Gasteiger partial charge on any atom is -0.450 e. The van der Waals surface area contributed by atoms with E-state index in [4.69, 9.17) is 25.0 Å². The molecule has 2 heterocycles. The number of hydrogen-bond acceptors (Lipinski definition) is 5. The fourth-order valence-electron chi connectivity index (χ4n) is 3.71. The van der Waals surface area contributed by atoms with E-state index in [0.717, 1.165) is 29.4 Å². The second-order valence-corrected chi connectivity index (χ2v) is 8.52. The molecule has 0 bridgehead atoms. The van der Waals surface area contributed by atoms with Gasteiger partial charge in [0, 0.05) is 17.3 Å². The van der Waals surface area contributed by atoms with Crippen molar-refractivity contribution < 1.29 is 15.0 Å². The van der Waals surface area contributed by atoms with Gasteiger partial charge in [0.05, 0.1) is 5.39 Å². The fraction of sp³-hybridized carbons (Fsp3) is 0.409. The van der Waals surface area contributed by atoms with Gasteiger partial charge in [-0.3, -0.25) is 0 Å². The molecule has 7 heteroatoms. The van der Waals surface area contributed by atoms with Crippen LogP contribution in [0.4, 0.5) is 10.6 Å². The van der Waals surface area contributed by atoms with Gasteiger partial charge in [0.25, 0.3) is 0 Å². The van der Waals surface area contributed by atoms with Crippen LogP contribution in [0.25, 0.3) is 10.2 Å². The molecule has 0 aliphatic heterocycles. The molecule has 0 atom stereocenters. The Morgan fingerprint density at radius 1 is 1.14 bits per heavy atom. The molecule has 29 heavy (non-hydrogen) atoms. The SMILES string of the molecule is Cc1cc2c(NCCc3ccccc3)nc(C3CCCCC3)nc2s1.O=C(O)O. The predicted molar refractivity (Wildman–Crippen MR) is 117 cm³/mol. The number of aromatic nitrogens is 2. The average Bonchev–Trinajstić information content (AvgIpc) is 3.09.